The highest BCUT2D eigenvalue weighted by molar-refractivity contribution is 5.98. The van der Waals surface area contributed by atoms with Crippen molar-refractivity contribution >= 4 is 17.6 Å². The van der Waals surface area contributed by atoms with Crippen LogP contribution in [0, 0.1) is 17.4 Å². The van der Waals surface area contributed by atoms with Gasteiger partial charge in [0.15, 0.2) is 6.19 Å². The average Bonchev–Trinajstić information content (AvgIpc) is 2.93. The van der Waals surface area contributed by atoms with E-state index in [-0.39, 0.29) is 11.9 Å². The molecule has 8 nitrogen and oxygen atoms in total. The lowest BCUT2D eigenvalue weighted by Gasteiger charge is -2.32. The first kappa shape index (κ1) is 27.0. The number of hydrogen-bond acceptors (Lipinski definition) is 5. The fourth-order valence-electron chi connectivity index (χ4n) is 4.79. The molecule has 1 aliphatic carbocycles. The maximum atomic E-state index is 13.3. The Bertz CT molecular complexity index is 1040. The third-order valence-electron chi connectivity index (χ3n) is 6.57. The Labute approximate surface area is 214 Å². The van der Waals surface area contributed by atoms with Crippen LogP contribution in [0.15, 0.2) is 53.5 Å². The number of para-hydroxylation sites is 1. The van der Waals surface area contributed by atoms with E-state index in [0.717, 1.165) is 24.1 Å². The molecule has 0 saturated heterocycles. The molecule has 2 N–H and O–H groups in total. The van der Waals surface area contributed by atoms with Crippen LogP contribution in [0.4, 0.5) is 5.69 Å². The van der Waals surface area contributed by atoms with Gasteiger partial charge in [0, 0.05) is 25.9 Å². The van der Waals surface area contributed by atoms with Crippen molar-refractivity contribution in [3.05, 3.63) is 59.7 Å². The minimum absolute atomic E-state index is 0.106. The lowest BCUT2D eigenvalue weighted by Crippen LogP contribution is -2.41. The van der Waals surface area contributed by atoms with E-state index < -0.39 is 0 Å². The fourth-order valence-corrected chi connectivity index (χ4v) is 4.79. The van der Waals surface area contributed by atoms with Gasteiger partial charge in [0.2, 0.25) is 5.96 Å². The topological polar surface area (TPSA) is 99.0 Å². The number of ether oxygens (including phenoxy) is 2. The number of anilines is 1. The second-order valence-corrected chi connectivity index (χ2v) is 8.82. The normalized spacial score (nSPS) is 15.0. The molecule has 2 aromatic rings. The van der Waals surface area contributed by atoms with Gasteiger partial charge in [-0.3, -0.25) is 15.1 Å². The van der Waals surface area contributed by atoms with Crippen LogP contribution in [-0.4, -0.2) is 45.8 Å². The molecule has 1 amide bonds. The van der Waals surface area contributed by atoms with Crippen molar-refractivity contribution < 1.29 is 14.3 Å². The number of carbonyl (C=O) groups excluding carboxylic acids is 1. The third-order valence-corrected chi connectivity index (χ3v) is 6.57. The predicted octanol–water partition coefficient (Wildman–Crippen LogP) is 4.65. The number of aliphatic imine (C=N–C) groups is 1. The van der Waals surface area contributed by atoms with Gasteiger partial charge in [-0.2, -0.15) is 5.26 Å². The molecule has 0 aliphatic heterocycles. The number of nitrogens with zero attached hydrogens (tertiary/aromatic N) is 3. The van der Waals surface area contributed by atoms with Crippen molar-refractivity contribution in [2.75, 3.05) is 38.8 Å². The quantitative estimate of drug-likeness (QED) is 0.217. The molecule has 0 spiro atoms. The van der Waals surface area contributed by atoms with E-state index in [4.69, 9.17) is 9.47 Å². The van der Waals surface area contributed by atoms with Gasteiger partial charge in [-0.25, -0.2) is 0 Å². The standard InChI is InChI=1S/C28H37N5O3/c1-4-30-28(31-20-29)33(18-19-35-2)23-16-14-22(15-17-23)26(21-10-6-5-7-11-21)32-27(34)24-12-8-9-13-25(24)36-3/h8-9,12-17,21,26H,4-7,10-11,18-19H2,1-3H3,(H,30,31)(H,32,34). The second kappa shape index (κ2) is 14.1. The summed E-state index contributed by atoms with van der Waals surface area (Å²) in [6.45, 7) is 3.50. The van der Waals surface area contributed by atoms with Crippen LogP contribution in [0.25, 0.3) is 0 Å². The highest BCUT2D eigenvalue weighted by Gasteiger charge is 2.28. The van der Waals surface area contributed by atoms with Crippen molar-refractivity contribution in [3.8, 4) is 11.9 Å². The second-order valence-electron chi connectivity index (χ2n) is 8.82. The molecule has 1 atom stereocenters. The van der Waals surface area contributed by atoms with Crippen molar-refractivity contribution in [2.24, 2.45) is 10.9 Å². The smallest absolute Gasteiger partial charge is 0.255 e. The minimum Gasteiger partial charge on any atom is -0.496 e. The molecule has 3 rings (SSSR count). The summed E-state index contributed by atoms with van der Waals surface area (Å²) in [5.74, 6) is 1.28. The largest absolute Gasteiger partial charge is 0.496 e. The molecule has 1 unspecified atom stereocenters. The Morgan fingerprint density at radius 2 is 1.86 bits per heavy atom. The first-order chi connectivity index (χ1) is 17.6. The zero-order valence-corrected chi connectivity index (χ0v) is 21.5. The van der Waals surface area contributed by atoms with Gasteiger partial charge < -0.3 is 19.7 Å². The highest BCUT2D eigenvalue weighted by atomic mass is 16.5. The van der Waals surface area contributed by atoms with Crippen LogP contribution in [0.2, 0.25) is 0 Å². The molecule has 1 fully saturated rings. The van der Waals surface area contributed by atoms with Crippen molar-refractivity contribution in [1.82, 2.24) is 10.6 Å². The number of nitrogens with one attached hydrogen (secondary N) is 2. The Morgan fingerprint density at radius 1 is 1.14 bits per heavy atom. The van der Waals surface area contributed by atoms with Crippen LogP contribution in [-0.2, 0) is 4.74 Å². The van der Waals surface area contributed by atoms with Gasteiger partial charge >= 0.3 is 0 Å². The molecule has 0 bridgehead atoms. The van der Waals surface area contributed by atoms with Gasteiger partial charge in [0.05, 0.1) is 25.3 Å². The fraction of sp³-hybridized carbons (Fsp3) is 0.464. The summed E-state index contributed by atoms with van der Waals surface area (Å²) in [4.78, 5) is 19.7. The summed E-state index contributed by atoms with van der Waals surface area (Å²) in [6, 6.07) is 15.4. The summed E-state index contributed by atoms with van der Waals surface area (Å²) in [5.41, 5.74) is 2.48. The number of hydrogen-bond donors (Lipinski definition) is 2. The molecule has 0 radical (unpaired) electrons. The van der Waals surface area contributed by atoms with E-state index in [9.17, 15) is 10.1 Å². The van der Waals surface area contributed by atoms with Crippen LogP contribution >= 0.6 is 0 Å². The van der Waals surface area contributed by atoms with E-state index >= 15 is 0 Å². The number of carbonyl (C=O) groups is 1. The van der Waals surface area contributed by atoms with E-state index in [1.165, 1.54) is 19.3 Å². The van der Waals surface area contributed by atoms with Gasteiger partial charge in [-0.15, -0.1) is 0 Å². The van der Waals surface area contributed by atoms with E-state index in [2.05, 4.69) is 27.8 Å². The molecule has 36 heavy (non-hydrogen) atoms. The number of methoxy groups -OCH3 is 2. The summed E-state index contributed by atoms with van der Waals surface area (Å²) in [7, 11) is 3.23. The third kappa shape index (κ3) is 6.98. The first-order valence-corrected chi connectivity index (χ1v) is 12.6. The Hall–Kier alpha value is -3.57. The SMILES string of the molecule is CCN=C(NC#N)N(CCOC)c1ccc(C(NC(=O)c2ccccc2OC)C2CCCCC2)cc1. The van der Waals surface area contributed by atoms with Gasteiger partial charge in [-0.1, -0.05) is 43.5 Å². The molecule has 0 aromatic heterocycles. The molecule has 0 heterocycles. The highest BCUT2D eigenvalue weighted by Crippen LogP contribution is 2.35. The first-order valence-electron chi connectivity index (χ1n) is 12.6. The van der Waals surface area contributed by atoms with Crippen LogP contribution < -0.4 is 20.3 Å². The monoisotopic (exact) mass is 491 g/mol. The van der Waals surface area contributed by atoms with Crippen molar-refractivity contribution in [1.29, 1.82) is 5.26 Å². The summed E-state index contributed by atoms with van der Waals surface area (Å²) < 4.78 is 10.7. The molecular formula is C28H37N5O3. The van der Waals surface area contributed by atoms with E-state index in [1.807, 2.05) is 42.3 Å². The Kier molecular flexibility index (Phi) is 10.6. The van der Waals surface area contributed by atoms with Gasteiger partial charge in [0.25, 0.3) is 5.91 Å². The zero-order valence-electron chi connectivity index (χ0n) is 21.5. The molecule has 8 heteroatoms. The minimum atomic E-state index is -0.135. The number of benzene rings is 2. The molecule has 2 aromatic carbocycles. The maximum absolute atomic E-state index is 13.3. The number of amides is 1. The van der Waals surface area contributed by atoms with Crippen LogP contribution in [0.1, 0.15) is 61.0 Å². The average molecular weight is 492 g/mol. The van der Waals surface area contributed by atoms with Gasteiger partial charge in [-0.05, 0) is 55.5 Å². The van der Waals surface area contributed by atoms with Crippen LogP contribution in [0.3, 0.4) is 0 Å². The van der Waals surface area contributed by atoms with Gasteiger partial charge in [0.1, 0.15) is 5.75 Å². The lowest BCUT2D eigenvalue weighted by atomic mass is 9.81. The van der Waals surface area contributed by atoms with Crippen molar-refractivity contribution in [3.63, 3.8) is 0 Å². The summed E-state index contributed by atoms with van der Waals surface area (Å²) in [6.07, 6.45) is 7.72. The molecule has 1 aliphatic rings. The summed E-state index contributed by atoms with van der Waals surface area (Å²) >= 11 is 0. The summed E-state index contributed by atoms with van der Waals surface area (Å²) in [5, 5.41) is 15.2. The van der Waals surface area contributed by atoms with Crippen LogP contribution in [0.5, 0.6) is 5.75 Å². The molecule has 1 saturated carbocycles. The molecule has 192 valence electrons. The zero-order chi connectivity index (χ0) is 25.8. The van der Waals surface area contributed by atoms with Crippen molar-refractivity contribution in [2.45, 2.75) is 45.1 Å². The Morgan fingerprint density at radius 3 is 2.50 bits per heavy atom. The lowest BCUT2D eigenvalue weighted by molar-refractivity contribution is 0.0909. The Balaban J connectivity index is 1.90. The number of rotatable bonds is 10. The predicted molar refractivity (Wildman–Crippen MR) is 142 cm³/mol. The number of nitriles is 1. The number of guanidine groups is 1. The maximum Gasteiger partial charge on any atom is 0.255 e. The van der Waals surface area contributed by atoms with E-state index in [0.29, 0.717) is 42.9 Å². The van der Waals surface area contributed by atoms with E-state index in [1.54, 1.807) is 26.4 Å². The molecular weight excluding hydrogens is 454 g/mol.